The number of hydrogen-bond donors (Lipinski definition) is 0. The van der Waals surface area contributed by atoms with Crippen molar-refractivity contribution < 1.29 is 0 Å². The van der Waals surface area contributed by atoms with E-state index in [1.165, 1.54) is 0 Å². The van der Waals surface area contributed by atoms with Gasteiger partial charge in [0.15, 0.2) is 11.4 Å². The van der Waals surface area contributed by atoms with Gasteiger partial charge in [-0.05, 0) is 6.92 Å². The van der Waals surface area contributed by atoms with Crippen LogP contribution in [0.2, 0.25) is 0 Å². The summed E-state index contributed by atoms with van der Waals surface area (Å²) in [6.45, 7) is 1.72. The average molecular weight is 132 g/mol. The Hall–Kier alpha value is -1.68. The first-order valence-electron chi connectivity index (χ1n) is 2.74. The molecule has 48 valence electrons. The van der Waals surface area contributed by atoms with Crippen LogP contribution in [-0.4, -0.2) is 17.6 Å². The van der Waals surface area contributed by atoms with Gasteiger partial charge in [0.1, 0.15) is 18.3 Å². The maximum atomic E-state index is 8.37. The second-order valence-electron chi connectivity index (χ2n) is 1.81. The Kier molecular flexibility index (Phi) is 1.47. The Bertz CT molecular complexity index is 256. The fraction of sp³-hybridized carbons (Fsp3) is 0.333. The normalized spacial score (nSPS) is 17.1. The van der Waals surface area contributed by atoms with E-state index in [1.54, 1.807) is 19.1 Å². The molecule has 0 aromatic heterocycles. The predicted octanol–water partition coefficient (Wildman–Crippen LogP) is 0.275. The van der Waals surface area contributed by atoms with Crippen molar-refractivity contribution in [2.24, 2.45) is 9.98 Å². The molecule has 1 rings (SSSR count). The Morgan fingerprint density at radius 1 is 1.20 bits per heavy atom. The van der Waals surface area contributed by atoms with Gasteiger partial charge in [0.05, 0.1) is 0 Å². The van der Waals surface area contributed by atoms with Crippen LogP contribution in [-0.2, 0) is 0 Å². The highest BCUT2D eigenvalue weighted by molar-refractivity contribution is 6.54. The molecule has 0 fully saturated rings. The standard InChI is InChI=1S/C6H4N4/c1-4-9-5(2-7)6(3-8)10-4/h4H,1H3. The lowest BCUT2D eigenvalue weighted by Crippen LogP contribution is -2.04. The molecule has 0 unspecified atom stereocenters. The molecule has 0 saturated heterocycles. The molecule has 1 heterocycles. The van der Waals surface area contributed by atoms with Gasteiger partial charge in [-0.15, -0.1) is 0 Å². The summed E-state index contributed by atoms with van der Waals surface area (Å²) >= 11 is 0. The SMILES string of the molecule is CC1N=C(C#N)C(C#N)=N1. The molecule has 4 nitrogen and oxygen atoms in total. The number of nitriles is 2. The summed E-state index contributed by atoms with van der Waals surface area (Å²) in [5.74, 6) is 0. The summed E-state index contributed by atoms with van der Waals surface area (Å²) < 4.78 is 0. The third-order valence-corrected chi connectivity index (χ3v) is 1.07. The van der Waals surface area contributed by atoms with E-state index in [1.807, 2.05) is 0 Å². The molecule has 0 aliphatic carbocycles. The van der Waals surface area contributed by atoms with E-state index < -0.39 is 0 Å². The second-order valence-corrected chi connectivity index (χ2v) is 1.81. The van der Waals surface area contributed by atoms with Crippen LogP contribution in [0, 0.1) is 22.7 Å². The Morgan fingerprint density at radius 3 is 1.90 bits per heavy atom. The summed E-state index contributed by atoms with van der Waals surface area (Å²) in [6.07, 6.45) is -0.260. The summed E-state index contributed by atoms with van der Waals surface area (Å²) in [5.41, 5.74) is 0.296. The van der Waals surface area contributed by atoms with Crippen LogP contribution in [0.5, 0.6) is 0 Å². The van der Waals surface area contributed by atoms with E-state index >= 15 is 0 Å². The zero-order chi connectivity index (χ0) is 7.56. The minimum absolute atomic E-state index is 0.148. The van der Waals surface area contributed by atoms with Crippen LogP contribution in [0.4, 0.5) is 0 Å². The van der Waals surface area contributed by atoms with Gasteiger partial charge in [-0.2, -0.15) is 10.5 Å². The van der Waals surface area contributed by atoms with Gasteiger partial charge in [-0.1, -0.05) is 0 Å². The van der Waals surface area contributed by atoms with E-state index in [-0.39, 0.29) is 17.6 Å². The van der Waals surface area contributed by atoms with Crippen LogP contribution in [0.25, 0.3) is 0 Å². The number of rotatable bonds is 0. The van der Waals surface area contributed by atoms with Crippen molar-refractivity contribution in [2.45, 2.75) is 13.1 Å². The first-order valence-corrected chi connectivity index (χ1v) is 2.74. The van der Waals surface area contributed by atoms with Crippen LogP contribution in [0.1, 0.15) is 6.92 Å². The first kappa shape index (κ1) is 6.44. The Morgan fingerprint density at radius 2 is 1.60 bits per heavy atom. The van der Waals surface area contributed by atoms with Gasteiger partial charge in [0, 0.05) is 0 Å². The number of nitrogens with zero attached hydrogens (tertiary/aromatic N) is 4. The van der Waals surface area contributed by atoms with Crippen LogP contribution < -0.4 is 0 Å². The molecule has 0 bridgehead atoms. The van der Waals surface area contributed by atoms with Gasteiger partial charge in [-0.25, -0.2) is 9.98 Å². The van der Waals surface area contributed by atoms with Crippen molar-refractivity contribution in [3.05, 3.63) is 0 Å². The van der Waals surface area contributed by atoms with Crippen LogP contribution in [0.15, 0.2) is 9.98 Å². The van der Waals surface area contributed by atoms with Crippen LogP contribution in [0.3, 0.4) is 0 Å². The van der Waals surface area contributed by atoms with Gasteiger partial charge in [0.2, 0.25) is 0 Å². The van der Waals surface area contributed by atoms with E-state index in [0.29, 0.717) is 0 Å². The highest BCUT2D eigenvalue weighted by atomic mass is 15.0. The van der Waals surface area contributed by atoms with Crippen molar-refractivity contribution in [1.29, 1.82) is 10.5 Å². The largest absolute Gasteiger partial charge is 0.245 e. The molecule has 0 aromatic carbocycles. The van der Waals surface area contributed by atoms with Gasteiger partial charge in [0.25, 0.3) is 0 Å². The zero-order valence-electron chi connectivity index (χ0n) is 5.37. The van der Waals surface area contributed by atoms with Gasteiger partial charge in [-0.3, -0.25) is 0 Å². The van der Waals surface area contributed by atoms with Gasteiger partial charge < -0.3 is 0 Å². The summed E-state index contributed by atoms with van der Waals surface area (Å²) in [5, 5.41) is 16.7. The van der Waals surface area contributed by atoms with E-state index in [0.717, 1.165) is 0 Å². The van der Waals surface area contributed by atoms with Crippen LogP contribution >= 0.6 is 0 Å². The molecular weight excluding hydrogens is 128 g/mol. The molecule has 0 N–H and O–H groups in total. The summed E-state index contributed by atoms with van der Waals surface area (Å²) in [4.78, 5) is 7.58. The average Bonchev–Trinajstić information content (AvgIpc) is 2.30. The molecule has 0 radical (unpaired) electrons. The lowest BCUT2D eigenvalue weighted by Gasteiger charge is -1.84. The fourth-order valence-corrected chi connectivity index (χ4v) is 0.688. The molecule has 0 spiro atoms. The maximum Gasteiger partial charge on any atom is 0.173 e. The topological polar surface area (TPSA) is 72.3 Å². The second kappa shape index (κ2) is 2.28. The highest BCUT2D eigenvalue weighted by Gasteiger charge is 2.16. The molecule has 0 aromatic rings. The molecule has 4 heteroatoms. The summed E-state index contributed by atoms with van der Waals surface area (Å²) in [6, 6.07) is 3.58. The molecule has 0 saturated carbocycles. The van der Waals surface area contributed by atoms with Crippen molar-refractivity contribution in [1.82, 2.24) is 0 Å². The number of aliphatic imine (C=N–C) groups is 2. The monoisotopic (exact) mass is 132 g/mol. The third-order valence-electron chi connectivity index (χ3n) is 1.07. The van der Waals surface area contributed by atoms with Crippen molar-refractivity contribution >= 4 is 11.4 Å². The molecule has 10 heavy (non-hydrogen) atoms. The predicted molar refractivity (Wildman–Crippen MR) is 35.6 cm³/mol. The molecular formula is C6H4N4. The quantitative estimate of drug-likeness (QED) is 0.474. The fourth-order valence-electron chi connectivity index (χ4n) is 0.688. The first-order chi connectivity index (χ1) is 4.77. The zero-order valence-corrected chi connectivity index (χ0v) is 5.37. The molecule has 0 atom stereocenters. The minimum Gasteiger partial charge on any atom is -0.245 e. The molecule has 1 aliphatic heterocycles. The van der Waals surface area contributed by atoms with Crippen molar-refractivity contribution in [3.63, 3.8) is 0 Å². The van der Waals surface area contributed by atoms with Gasteiger partial charge >= 0.3 is 0 Å². The number of hydrogen-bond acceptors (Lipinski definition) is 4. The Labute approximate surface area is 58.1 Å². The van der Waals surface area contributed by atoms with E-state index in [2.05, 4.69) is 9.98 Å². The maximum absolute atomic E-state index is 8.37. The Balaban J connectivity index is 3.00. The smallest absolute Gasteiger partial charge is 0.173 e. The van der Waals surface area contributed by atoms with Crippen molar-refractivity contribution in [2.75, 3.05) is 0 Å². The molecule has 1 aliphatic rings. The summed E-state index contributed by atoms with van der Waals surface area (Å²) in [7, 11) is 0. The highest BCUT2D eigenvalue weighted by Crippen LogP contribution is 2.03. The van der Waals surface area contributed by atoms with E-state index in [9.17, 15) is 0 Å². The lowest BCUT2D eigenvalue weighted by atomic mass is 10.3. The third kappa shape index (κ3) is 0.872. The minimum atomic E-state index is -0.260. The van der Waals surface area contributed by atoms with Crippen molar-refractivity contribution in [3.8, 4) is 12.1 Å². The lowest BCUT2D eigenvalue weighted by molar-refractivity contribution is 0.815. The molecule has 0 amide bonds. The van der Waals surface area contributed by atoms with E-state index in [4.69, 9.17) is 10.5 Å².